The number of H-pyrrole nitrogens is 1. The molecule has 0 radical (unpaired) electrons. The summed E-state index contributed by atoms with van der Waals surface area (Å²) in [5.41, 5.74) is 3.08. The molecule has 1 aliphatic rings. The van der Waals surface area contributed by atoms with Crippen LogP contribution in [0.15, 0.2) is 60.9 Å². The van der Waals surface area contributed by atoms with Crippen molar-refractivity contribution < 1.29 is 4.79 Å². The third-order valence-electron chi connectivity index (χ3n) is 5.82. The number of nitrogens with one attached hydrogen (secondary N) is 3. The SMILES string of the molecule is CN1C(=O)N[C@H](Cc2ccc(Cl)cc2)c2nnc3cc(-c4ccnc(Nc5ccn[nH]5)n4)cc1n23. The van der Waals surface area contributed by atoms with Crippen molar-refractivity contribution in [2.75, 3.05) is 17.3 Å². The minimum absolute atomic E-state index is 0.239. The summed E-state index contributed by atoms with van der Waals surface area (Å²) >= 11 is 6.03. The molecule has 0 spiro atoms. The minimum atomic E-state index is -0.363. The second kappa shape index (κ2) is 8.37. The average molecular weight is 487 g/mol. The molecule has 1 aliphatic heterocycles. The van der Waals surface area contributed by atoms with Crippen molar-refractivity contribution in [3.05, 3.63) is 77.3 Å². The van der Waals surface area contributed by atoms with Crippen molar-refractivity contribution in [1.82, 2.24) is 40.1 Å². The molecule has 0 saturated heterocycles. The lowest BCUT2D eigenvalue weighted by Gasteiger charge is -2.18. The van der Waals surface area contributed by atoms with Crippen LogP contribution in [-0.2, 0) is 6.42 Å². The number of pyridine rings is 1. The maximum atomic E-state index is 13.0. The first kappa shape index (κ1) is 21.1. The highest BCUT2D eigenvalue weighted by Crippen LogP contribution is 2.31. The van der Waals surface area contributed by atoms with E-state index in [4.69, 9.17) is 11.6 Å². The fourth-order valence-corrected chi connectivity index (χ4v) is 4.21. The average Bonchev–Trinajstić information content (AvgIpc) is 3.52. The van der Waals surface area contributed by atoms with Crippen LogP contribution in [0.4, 0.5) is 22.4 Å². The van der Waals surface area contributed by atoms with Gasteiger partial charge in [-0.05, 0) is 35.9 Å². The summed E-state index contributed by atoms with van der Waals surface area (Å²) < 4.78 is 1.90. The highest BCUT2D eigenvalue weighted by atomic mass is 35.5. The molecule has 11 nitrogen and oxygen atoms in total. The second-order valence-electron chi connectivity index (χ2n) is 8.11. The largest absolute Gasteiger partial charge is 0.327 e. The summed E-state index contributed by atoms with van der Waals surface area (Å²) in [6, 6.07) is 14.3. The van der Waals surface area contributed by atoms with Crippen LogP contribution in [-0.4, -0.2) is 47.8 Å². The van der Waals surface area contributed by atoms with Gasteiger partial charge in [-0.25, -0.2) is 14.8 Å². The van der Waals surface area contributed by atoms with Crippen LogP contribution in [0.1, 0.15) is 17.4 Å². The molecule has 0 saturated carbocycles. The number of carbonyl (C=O) groups excluding carboxylic acids is 1. The van der Waals surface area contributed by atoms with Crippen molar-refractivity contribution in [2.24, 2.45) is 0 Å². The summed E-state index contributed by atoms with van der Waals surface area (Å²) in [5.74, 6) is 2.37. The number of urea groups is 1. The van der Waals surface area contributed by atoms with Gasteiger partial charge < -0.3 is 10.6 Å². The first-order valence-electron chi connectivity index (χ1n) is 10.8. The van der Waals surface area contributed by atoms with Gasteiger partial charge in [-0.1, -0.05) is 23.7 Å². The monoisotopic (exact) mass is 486 g/mol. The fraction of sp³-hybridized carbons (Fsp3) is 0.130. The number of anilines is 3. The van der Waals surface area contributed by atoms with Crippen molar-refractivity contribution in [2.45, 2.75) is 12.5 Å². The number of carbonyl (C=O) groups is 1. The predicted molar refractivity (Wildman–Crippen MR) is 131 cm³/mol. The second-order valence-corrected chi connectivity index (χ2v) is 8.54. The van der Waals surface area contributed by atoms with Crippen LogP contribution >= 0.6 is 11.6 Å². The standard InChI is InChI=1S/C23H19ClN10O/c1-33-20-12-14(16-6-8-25-22(27-16)29-18-7-9-26-30-18)11-19-31-32-21(34(19)20)17(28-23(33)35)10-13-2-4-15(24)5-3-13/h2-9,11-12,17H,10H2,1H3,(H,28,35)(H2,25,26,27,29,30)/t17-/m1/s1. The molecule has 35 heavy (non-hydrogen) atoms. The van der Waals surface area contributed by atoms with Crippen LogP contribution in [0.5, 0.6) is 0 Å². The van der Waals surface area contributed by atoms with Crippen LogP contribution in [0.2, 0.25) is 5.02 Å². The lowest BCUT2D eigenvalue weighted by molar-refractivity contribution is 0.244. The van der Waals surface area contributed by atoms with Crippen LogP contribution < -0.4 is 15.5 Å². The maximum Gasteiger partial charge on any atom is 0.323 e. The zero-order valence-electron chi connectivity index (χ0n) is 18.5. The van der Waals surface area contributed by atoms with Gasteiger partial charge in [-0.15, -0.1) is 10.2 Å². The van der Waals surface area contributed by atoms with E-state index >= 15 is 0 Å². The molecule has 0 fully saturated rings. The first-order chi connectivity index (χ1) is 17.0. The van der Waals surface area contributed by atoms with Gasteiger partial charge >= 0.3 is 6.03 Å². The molecule has 0 unspecified atom stereocenters. The Balaban J connectivity index is 1.40. The molecule has 5 aromatic rings. The van der Waals surface area contributed by atoms with Gasteiger partial charge in [-0.3, -0.25) is 14.4 Å². The van der Waals surface area contributed by atoms with Gasteiger partial charge in [0.1, 0.15) is 11.6 Å². The first-order valence-corrected chi connectivity index (χ1v) is 11.2. The number of benzene rings is 1. The van der Waals surface area contributed by atoms with Crippen molar-refractivity contribution in [1.29, 1.82) is 0 Å². The molecule has 4 aromatic heterocycles. The smallest absolute Gasteiger partial charge is 0.323 e. The normalized spacial score (nSPS) is 15.2. The number of rotatable bonds is 5. The molecule has 1 atom stereocenters. The summed E-state index contributed by atoms with van der Waals surface area (Å²) in [6.07, 6.45) is 3.85. The van der Waals surface area contributed by atoms with Crippen molar-refractivity contribution in [3.63, 3.8) is 0 Å². The fourth-order valence-electron chi connectivity index (χ4n) is 4.08. The quantitative estimate of drug-likeness (QED) is 0.345. The number of hydrogen-bond donors (Lipinski definition) is 3. The van der Waals surface area contributed by atoms with Gasteiger partial charge in [0, 0.05) is 36.3 Å². The number of aromatic amines is 1. The van der Waals surface area contributed by atoms with Crippen LogP contribution in [0.3, 0.4) is 0 Å². The van der Waals surface area contributed by atoms with E-state index in [0.29, 0.717) is 46.2 Å². The third kappa shape index (κ3) is 3.91. The van der Waals surface area contributed by atoms with Crippen molar-refractivity contribution >= 4 is 40.9 Å². The Hall–Kier alpha value is -4.51. The molecule has 5 heterocycles. The highest BCUT2D eigenvalue weighted by molar-refractivity contribution is 6.30. The van der Waals surface area contributed by atoms with Crippen LogP contribution in [0.25, 0.3) is 16.9 Å². The van der Waals surface area contributed by atoms with E-state index in [1.54, 1.807) is 36.5 Å². The number of amides is 2. The zero-order chi connectivity index (χ0) is 23.9. The highest BCUT2D eigenvalue weighted by Gasteiger charge is 2.30. The molecule has 174 valence electrons. The van der Waals surface area contributed by atoms with E-state index < -0.39 is 0 Å². The molecule has 0 aliphatic carbocycles. The Bertz CT molecular complexity index is 1530. The third-order valence-corrected chi connectivity index (χ3v) is 6.07. The van der Waals surface area contributed by atoms with Gasteiger partial charge in [0.15, 0.2) is 11.5 Å². The Morgan fingerprint density at radius 1 is 1.09 bits per heavy atom. The zero-order valence-corrected chi connectivity index (χ0v) is 19.2. The molecule has 6 rings (SSSR count). The Kier molecular flexibility index (Phi) is 5.03. The van der Waals surface area contributed by atoms with E-state index in [0.717, 1.165) is 11.1 Å². The molecule has 2 amide bonds. The number of halogens is 1. The number of hydrogen-bond acceptors (Lipinski definition) is 7. The van der Waals surface area contributed by atoms with Gasteiger partial charge in [0.2, 0.25) is 5.95 Å². The predicted octanol–water partition coefficient (Wildman–Crippen LogP) is 3.75. The minimum Gasteiger partial charge on any atom is -0.327 e. The summed E-state index contributed by atoms with van der Waals surface area (Å²) in [4.78, 5) is 23.5. The van der Waals surface area contributed by atoms with E-state index in [2.05, 4.69) is 41.0 Å². The van der Waals surface area contributed by atoms with E-state index in [9.17, 15) is 4.79 Å². The lowest BCUT2D eigenvalue weighted by atomic mass is 10.1. The van der Waals surface area contributed by atoms with E-state index in [-0.39, 0.29) is 12.1 Å². The Labute approximate surface area is 204 Å². The number of nitrogens with zero attached hydrogens (tertiary/aromatic N) is 7. The lowest BCUT2D eigenvalue weighted by Crippen LogP contribution is -2.38. The molecule has 0 bridgehead atoms. The summed E-state index contributed by atoms with van der Waals surface area (Å²) in [7, 11) is 1.72. The van der Waals surface area contributed by atoms with Gasteiger partial charge in [-0.2, -0.15) is 5.10 Å². The summed E-state index contributed by atoms with van der Waals surface area (Å²) in [6.45, 7) is 0. The van der Waals surface area contributed by atoms with Gasteiger partial charge in [0.05, 0.1) is 17.9 Å². The summed E-state index contributed by atoms with van der Waals surface area (Å²) in [5, 5.41) is 22.4. The Morgan fingerprint density at radius 3 is 2.74 bits per heavy atom. The Morgan fingerprint density at radius 2 is 1.94 bits per heavy atom. The molecule has 3 N–H and O–H groups in total. The number of aromatic nitrogens is 7. The maximum absolute atomic E-state index is 13.0. The molecular weight excluding hydrogens is 468 g/mol. The molecule has 12 heteroatoms. The van der Waals surface area contributed by atoms with Gasteiger partial charge in [0.25, 0.3) is 0 Å². The van der Waals surface area contributed by atoms with E-state index in [1.165, 1.54) is 0 Å². The molecular formula is C23H19ClN10O. The van der Waals surface area contributed by atoms with Crippen molar-refractivity contribution in [3.8, 4) is 11.3 Å². The van der Waals surface area contributed by atoms with Crippen LogP contribution in [0, 0.1) is 0 Å². The molecule has 1 aromatic carbocycles. The topological polar surface area (TPSA) is 129 Å². The van der Waals surface area contributed by atoms with E-state index in [1.807, 2.05) is 40.8 Å².